The average Bonchev–Trinajstić information content (AvgIpc) is 3.24. The number of hydrogen-bond acceptors (Lipinski definition) is 6. The Morgan fingerprint density at radius 1 is 1.00 bits per heavy atom. The molecule has 152 valence electrons. The SMILES string of the molecule is CCOc1ccc(N2C(=O)[C@@H]3[C@@H](c4ccccc4)c4sc(=O)[nH]c4S[C@H]3C2=O)cc1. The molecule has 3 atom stereocenters. The number of aromatic amines is 1. The van der Waals surface area contributed by atoms with Crippen LogP contribution in [0.2, 0.25) is 0 Å². The number of rotatable bonds is 4. The predicted octanol–water partition coefficient (Wildman–Crippen LogP) is 3.63. The highest BCUT2D eigenvalue weighted by molar-refractivity contribution is 8.00. The average molecular weight is 439 g/mol. The van der Waals surface area contributed by atoms with Crippen molar-refractivity contribution >= 4 is 40.6 Å². The van der Waals surface area contributed by atoms with Gasteiger partial charge in [0.25, 0.3) is 0 Å². The second-order valence-electron chi connectivity index (χ2n) is 7.10. The van der Waals surface area contributed by atoms with Crippen molar-refractivity contribution in [2.75, 3.05) is 11.5 Å². The highest BCUT2D eigenvalue weighted by Gasteiger charge is 2.56. The number of hydrogen-bond donors (Lipinski definition) is 1. The fourth-order valence-electron chi connectivity index (χ4n) is 4.15. The van der Waals surface area contributed by atoms with Crippen molar-refractivity contribution in [2.45, 2.75) is 23.1 Å². The van der Waals surface area contributed by atoms with Crippen LogP contribution in [0.5, 0.6) is 5.75 Å². The molecule has 1 aromatic heterocycles. The Kier molecular flexibility index (Phi) is 4.75. The summed E-state index contributed by atoms with van der Waals surface area (Å²) < 4.78 is 5.46. The molecule has 1 saturated heterocycles. The summed E-state index contributed by atoms with van der Waals surface area (Å²) in [4.78, 5) is 43.7. The minimum atomic E-state index is -0.577. The van der Waals surface area contributed by atoms with Crippen LogP contribution < -0.4 is 14.5 Å². The van der Waals surface area contributed by atoms with E-state index in [1.165, 1.54) is 16.7 Å². The van der Waals surface area contributed by atoms with Gasteiger partial charge >= 0.3 is 4.87 Å². The van der Waals surface area contributed by atoms with Crippen LogP contribution in [-0.2, 0) is 9.59 Å². The molecule has 3 aromatic rings. The third-order valence-corrected chi connectivity index (χ3v) is 7.79. The van der Waals surface area contributed by atoms with E-state index in [4.69, 9.17) is 4.74 Å². The molecule has 2 amide bonds. The van der Waals surface area contributed by atoms with Gasteiger partial charge in [-0.1, -0.05) is 53.4 Å². The molecule has 1 N–H and O–H groups in total. The Morgan fingerprint density at radius 2 is 1.73 bits per heavy atom. The fourth-order valence-corrected chi connectivity index (χ4v) is 6.66. The molecule has 0 spiro atoms. The maximum Gasteiger partial charge on any atom is 0.305 e. The minimum Gasteiger partial charge on any atom is -0.494 e. The van der Waals surface area contributed by atoms with Gasteiger partial charge in [-0.05, 0) is 36.8 Å². The Hall–Kier alpha value is -2.84. The Bertz CT molecular complexity index is 1170. The van der Waals surface area contributed by atoms with Crippen LogP contribution in [0, 0.1) is 5.92 Å². The van der Waals surface area contributed by atoms with Gasteiger partial charge in [-0.3, -0.25) is 14.4 Å². The molecule has 6 nitrogen and oxygen atoms in total. The van der Waals surface area contributed by atoms with Gasteiger partial charge in [0.2, 0.25) is 11.8 Å². The molecular formula is C22H18N2O4S2. The topological polar surface area (TPSA) is 79.5 Å². The van der Waals surface area contributed by atoms with Crippen LogP contribution in [0.15, 0.2) is 64.4 Å². The monoisotopic (exact) mass is 438 g/mol. The summed E-state index contributed by atoms with van der Waals surface area (Å²) in [5, 5.41) is 0.113. The number of amides is 2. The van der Waals surface area contributed by atoms with E-state index in [1.54, 1.807) is 24.3 Å². The van der Waals surface area contributed by atoms with E-state index in [1.807, 2.05) is 37.3 Å². The van der Waals surface area contributed by atoms with Crippen molar-refractivity contribution in [3.05, 3.63) is 74.7 Å². The lowest BCUT2D eigenvalue weighted by Gasteiger charge is -2.29. The smallest absolute Gasteiger partial charge is 0.305 e. The molecule has 0 unspecified atom stereocenters. The normalized spacial score (nSPS) is 22.7. The molecule has 0 aliphatic carbocycles. The number of ether oxygens (including phenoxy) is 1. The first kappa shape index (κ1) is 19.1. The molecule has 0 radical (unpaired) electrons. The number of aromatic nitrogens is 1. The van der Waals surface area contributed by atoms with E-state index in [9.17, 15) is 14.4 Å². The maximum atomic E-state index is 13.5. The molecule has 5 rings (SSSR count). The first-order chi connectivity index (χ1) is 14.6. The lowest BCUT2D eigenvalue weighted by molar-refractivity contribution is -0.122. The number of fused-ring (bicyclic) bond motifs is 2. The van der Waals surface area contributed by atoms with Crippen molar-refractivity contribution in [3.8, 4) is 5.75 Å². The summed E-state index contributed by atoms with van der Waals surface area (Å²) >= 11 is 2.41. The molecule has 2 aliphatic heterocycles. The molecule has 30 heavy (non-hydrogen) atoms. The second kappa shape index (κ2) is 7.45. The third-order valence-electron chi connectivity index (χ3n) is 5.39. The number of carbonyl (C=O) groups is 2. The van der Waals surface area contributed by atoms with Crippen LogP contribution in [0.25, 0.3) is 0 Å². The number of thioether (sulfide) groups is 1. The van der Waals surface area contributed by atoms with Crippen molar-refractivity contribution in [2.24, 2.45) is 5.92 Å². The van der Waals surface area contributed by atoms with E-state index < -0.39 is 11.2 Å². The standard InChI is InChI=1S/C22H18N2O4S2/c1-2-28-14-10-8-13(9-11-14)24-20(25)16-15(12-6-4-3-5-7-12)17-19(23-22(27)30-17)29-18(16)21(24)26/h3-11,15-16,18H,2H2,1H3,(H,23,27)/t15-,16-,18-/m1/s1. The van der Waals surface area contributed by atoms with E-state index in [0.717, 1.165) is 21.8 Å². The first-order valence-electron chi connectivity index (χ1n) is 9.63. The van der Waals surface area contributed by atoms with Crippen molar-refractivity contribution in [1.29, 1.82) is 0 Å². The van der Waals surface area contributed by atoms with Gasteiger partial charge in [0.1, 0.15) is 11.0 Å². The Labute approximate surface area is 180 Å². The van der Waals surface area contributed by atoms with Gasteiger partial charge in [0, 0.05) is 10.8 Å². The summed E-state index contributed by atoms with van der Waals surface area (Å²) in [6.45, 7) is 2.44. The minimum absolute atomic E-state index is 0.170. The van der Waals surface area contributed by atoms with Crippen LogP contribution in [0.4, 0.5) is 5.69 Å². The number of thiazole rings is 1. The Morgan fingerprint density at radius 3 is 2.43 bits per heavy atom. The molecule has 8 heteroatoms. The number of benzene rings is 2. The zero-order valence-corrected chi connectivity index (χ0v) is 17.7. The molecule has 2 aromatic carbocycles. The number of anilines is 1. The lowest BCUT2D eigenvalue weighted by atomic mass is 9.83. The second-order valence-corrected chi connectivity index (χ2v) is 9.27. The van der Waals surface area contributed by atoms with Gasteiger partial charge in [0.05, 0.1) is 23.2 Å². The summed E-state index contributed by atoms with van der Waals surface area (Å²) in [6.07, 6.45) is 0. The summed E-state index contributed by atoms with van der Waals surface area (Å²) in [6, 6.07) is 16.6. The zero-order chi connectivity index (χ0) is 20.8. The van der Waals surface area contributed by atoms with Gasteiger partial charge in [-0.25, -0.2) is 4.90 Å². The Balaban J connectivity index is 1.58. The van der Waals surface area contributed by atoms with Gasteiger partial charge in [-0.2, -0.15) is 0 Å². The molecular weight excluding hydrogens is 420 g/mol. The molecule has 2 aliphatic rings. The number of nitrogens with one attached hydrogen (secondary N) is 1. The lowest BCUT2D eigenvalue weighted by Crippen LogP contribution is -2.32. The predicted molar refractivity (Wildman–Crippen MR) is 116 cm³/mol. The highest BCUT2D eigenvalue weighted by Crippen LogP contribution is 2.53. The number of H-pyrrole nitrogens is 1. The van der Waals surface area contributed by atoms with E-state index in [0.29, 0.717) is 23.1 Å². The van der Waals surface area contributed by atoms with Crippen LogP contribution in [0.1, 0.15) is 23.3 Å². The molecule has 0 bridgehead atoms. The molecule has 1 fully saturated rings. The van der Waals surface area contributed by atoms with Gasteiger partial charge in [0.15, 0.2) is 0 Å². The van der Waals surface area contributed by atoms with Gasteiger partial charge in [-0.15, -0.1) is 0 Å². The number of imide groups is 1. The van der Waals surface area contributed by atoms with Crippen molar-refractivity contribution in [3.63, 3.8) is 0 Å². The largest absolute Gasteiger partial charge is 0.494 e. The summed E-state index contributed by atoms with van der Waals surface area (Å²) in [5.41, 5.74) is 1.46. The molecule has 0 saturated carbocycles. The molecule has 3 heterocycles. The van der Waals surface area contributed by atoms with Gasteiger partial charge < -0.3 is 9.72 Å². The summed E-state index contributed by atoms with van der Waals surface area (Å²) in [7, 11) is 0. The van der Waals surface area contributed by atoms with E-state index in [2.05, 4.69) is 4.98 Å². The van der Waals surface area contributed by atoms with Crippen LogP contribution in [0.3, 0.4) is 0 Å². The van der Waals surface area contributed by atoms with Crippen LogP contribution in [-0.4, -0.2) is 28.7 Å². The fraction of sp³-hybridized carbons (Fsp3) is 0.227. The maximum absolute atomic E-state index is 13.5. The summed E-state index contributed by atoms with van der Waals surface area (Å²) in [5.74, 6) is -0.690. The van der Waals surface area contributed by atoms with Crippen molar-refractivity contribution < 1.29 is 14.3 Å². The first-order valence-corrected chi connectivity index (χ1v) is 11.3. The number of nitrogens with zero attached hydrogens (tertiary/aromatic N) is 1. The van der Waals surface area contributed by atoms with Crippen molar-refractivity contribution in [1.82, 2.24) is 4.98 Å². The highest BCUT2D eigenvalue weighted by atomic mass is 32.2. The van der Waals surface area contributed by atoms with E-state index in [-0.39, 0.29) is 22.6 Å². The van der Waals surface area contributed by atoms with E-state index >= 15 is 0 Å². The quantitative estimate of drug-likeness (QED) is 0.630. The number of carbonyl (C=O) groups excluding carboxylic acids is 2. The zero-order valence-electron chi connectivity index (χ0n) is 16.0. The van der Waals surface area contributed by atoms with Crippen LogP contribution >= 0.6 is 23.1 Å². The third kappa shape index (κ3) is 2.98.